The number of hydrogen-bond acceptors (Lipinski definition) is 5. The first-order valence-corrected chi connectivity index (χ1v) is 12.5. The van der Waals surface area contributed by atoms with Gasteiger partial charge in [0.25, 0.3) is 0 Å². The van der Waals surface area contributed by atoms with Gasteiger partial charge in [-0.15, -0.1) is 0 Å². The Labute approximate surface area is 200 Å². The number of hydrogen-bond donors (Lipinski definition) is 1. The third-order valence-corrected chi connectivity index (χ3v) is 6.99. The van der Waals surface area contributed by atoms with Crippen LogP contribution in [0, 0.1) is 0 Å². The van der Waals surface area contributed by atoms with Gasteiger partial charge < -0.3 is 10.1 Å². The smallest absolute Gasteiger partial charge is 0.245 e. The molecular formula is C27H27N3O3S. The zero-order chi connectivity index (χ0) is 23.8. The molecule has 1 N–H and O–H groups in total. The highest BCUT2D eigenvalue weighted by molar-refractivity contribution is 7.89. The lowest BCUT2D eigenvalue weighted by Gasteiger charge is -2.22. The second kappa shape index (κ2) is 11.0. The second-order valence-corrected chi connectivity index (χ2v) is 9.64. The molecule has 0 radical (unpaired) electrons. The van der Waals surface area contributed by atoms with Crippen molar-refractivity contribution in [3.63, 3.8) is 0 Å². The molecular weight excluding hydrogens is 446 g/mol. The van der Waals surface area contributed by atoms with Gasteiger partial charge in [-0.25, -0.2) is 13.4 Å². The molecule has 6 nitrogen and oxygen atoms in total. The van der Waals surface area contributed by atoms with Crippen LogP contribution in [-0.4, -0.2) is 24.3 Å². The summed E-state index contributed by atoms with van der Waals surface area (Å²) in [5.74, 6) is 1.35. The Morgan fingerprint density at radius 2 is 1.38 bits per heavy atom. The summed E-state index contributed by atoms with van der Waals surface area (Å²) in [7, 11) is -3.77. The fourth-order valence-corrected chi connectivity index (χ4v) is 4.87. The Balaban J connectivity index is 1.54. The van der Waals surface area contributed by atoms with Crippen LogP contribution in [-0.2, 0) is 23.1 Å². The van der Waals surface area contributed by atoms with E-state index in [9.17, 15) is 8.42 Å². The molecule has 3 aromatic carbocycles. The Bertz CT molecular complexity index is 1240. The third-order valence-electron chi connectivity index (χ3n) is 5.22. The zero-order valence-electron chi connectivity index (χ0n) is 19.0. The molecule has 0 bridgehead atoms. The van der Waals surface area contributed by atoms with E-state index in [4.69, 9.17) is 4.74 Å². The topological polar surface area (TPSA) is 71.5 Å². The molecule has 0 amide bonds. The van der Waals surface area contributed by atoms with Gasteiger partial charge in [-0.3, -0.25) is 0 Å². The Kier molecular flexibility index (Phi) is 7.57. The number of ether oxygens (including phenoxy) is 1. The van der Waals surface area contributed by atoms with Crippen LogP contribution in [0.2, 0.25) is 0 Å². The van der Waals surface area contributed by atoms with Crippen molar-refractivity contribution in [3.05, 3.63) is 114 Å². The van der Waals surface area contributed by atoms with Gasteiger partial charge in [-0.05, 0) is 54.4 Å². The van der Waals surface area contributed by atoms with Crippen molar-refractivity contribution in [2.45, 2.75) is 24.9 Å². The van der Waals surface area contributed by atoms with Crippen molar-refractivity contribution in [2.75, 3.05) is 11.9 Å². The summed E-state index contributed by atoms with van der Waals surface area (Å²) in [6.07, 6.45) is 1.40. The highest BCUT2D eigenvalue weighted by Crippen LogP contribution is 2.23. The maximum atomic E-state index is 13.6. The van der Waals surface area contributed by atoms with Crippen molar-refractivity contribution >= 4 is 21.5 Å². The Morgan fingerprint density at radius 1 is 0.794 bits per heavy atom. The third kappa shape index (κ3) is 6.01. The highest BCUT2D eigenvalue weighted by Gasteiger charge is 2.25. The summed E-state index contributed by atoms with van der Waals surface area (Å²) in [4.78, 5) is 4.50. The first kappa shape index (κ1) is 23.5. The number of nitrogens with zero attached hydrogens (tertiary/aromatic N) is 2. The van der Waals surface area contributed by atoms with Gasteiger partial charge >= 0.3 is 0 Å². The van der Waals surface area contributed by atoms with Crippen molar-refractivity contribution in [1.82, 2.24) is 9.29 Å². The lowest BCUT2D eigenvalue weighted by molar-refractivity contribution is 0.340. The SMILES string of the molecule is CCOc1ccc(Nc2ccc(S(=O)(=O)N(Cc3ccccc3)Cc3ccccc3)cn2)cc1. The molecule has 0 aliphatic heterocycles. The predicted molar refractivity (Wildman–Crippen MR) is 134 cm³/mol. The van der Waals surface area contributed by atoms with E-state index >= 15 is 0 Å². The van der Waals surface area contributed by atoms with Gasteiger partial charge in [0.15, 0.2) is 0 Å². The van der Waals surface area contributed by atoms with E-state index in [1.807, 2.05) is 91.9 Å². The van der Waals surface area contributed by atoms with Gasteiger partial charge in [0.2, 0.25) is 10.0 Å². The number of nitrogens with one attached hydrogen (secondary N) is 1. The normalized spacial score (nSPS) is 11.4. The highest BCUT2D eigenvalue weighted by atomic mass is 32.2. The first-order valence-electron chi connectivity index (χ1n) is 11.1. The van der Waals surface area contributed by atoms with E-state index in [0.717, 1.165) is 22.6 Å². The van der Waals surface area contributed by atoms with Crippen LogP contribution in [0.25, 0.3) is 0 Å². The summed E-state index contributed by atoms with van der Waals surface area (Å²) in [5, 5.41) is 3.19. The van der Waals surface area contributed by atoms with E-state index in [2.05, 4.69) is 10.3 Å². The molecule has 34 heavy (non-hydrogen) atoms. The number of benzene rings is 3. The van der Waals surface area contributed by atoms with E-state index < -0.39 is 10.0 Å². The molecule has 0 aliphatic rings. The lowest BCUT2D eigenvalue weighted by atomic mass is 10.2. The maximum Gasteiger partial charge on any atom is 0.245 e. The zero-order valence-corrected chi connectivity index (χ0v) is 19.8. The molecule has 0 unspecified atom stereocenters. The molecule has 1 aromatic heterocycles. The fraction of sp³-hybridized carbons (Fsp3) is 0.148. The van der Waals surface area contributed by atoms with Crippen molar-refractivity contribution in [2.24, 2.45) is 0 Å². The largest absolute Gasteiger partial charge is 0.494 e. The van der Waals surface area contributed by atoms with Crippen molar-refractivity contribution < 1.29 is 13.2 Å². The molecule has 1 heterocycles. The summed E-state index contributed by atoms with van der Waals surface area (Å²) in [6.45, 7) is 3.08. The van der Waals surface area contributed by atoms with Crippen LogP contribution in [0.3, 0.4) is 0 Å². The Hall–Kier alpha value is -3.68. The van der Waals surface area contributed by atoms with E-state index in [1.165, 1.54) is 10.5 Å². The van der Waals surface area contributed by atoms with Gasteiger partial charge in [0.05, 0.1) is 6.61 Å². The molecule has 0 atom stereocenters. The molecule has 0 saturated heterocycles. The predicted octanol–water partition coefficient (Wildman–Crippen LogP) is 5.62. The van der Waals surface area contributed by atoms with E-state index in [0.29, 0.717) is 12.4 Å². The molecule has 7 heteroatoms. The average Bonchev–Trinajstić information content (AvgIpc) is 2.87. The number of sulfonamides is 1. The average molecular weight is 474 g/mol. The Morgan fingerprint density at radius 3 is 1.88 bits per heavy atom. The number of anilines is 2. The quantitative estimate of drug-likeness (QED) is 0.324. The molecule has 0 spiro atoms. The fourth-order valence-electron chi connectivity index (χ4n) is 3.50. The van der Waals surface area contributed by atoms with Crippen LogP contribution in [0.5, 0.6) is 5.75 Å². The van der Waals surface area contributed by atoms with E-state index in [1.54, 1.807) is 12.1 Å². The lowest BCUT2D eigenvalue weighted by Crippen LogP contribution is -2.30. The summed E-state index contributed by atoms with van der Waals surface area (Å²) in [5.41, 5.74) is 2.67. The van der Waals surface area contributed by atoms with E-state index in [-0.39, 0.29) is 18.0 Å². The molecule has 4 aromatic rings. The summed E-state index contributed by atoms with van der Waals surface area (Å²) >= 11 is 0. The minimum Gasteiger partial charge on any atom is -0.494 e. The number of rotatable bonds is 10. The van der Waals surface area contributed by atoms with Crippen LogP contribution in [0.1, 0.15) is 18.1 Å². The standard InChI is InChI=1S/C27H27N3O3S/c1-2-33-25-15-13-24(14-16-25)29-27-18-17-26(19-28-27)34(31,32)30(20-22-9-5-3-6-10-22)21-23-11-7-4-8-12-23/h3-19H,2,20-21H2,1H3,(H,28,29). The number of aromatic nitrogens is 1. The van der Waals surface area contributed by atoms with Crippen LogP contribution in [0.4, 0.5) is 11.5 Å². The van der Waals surface area contributed by atoms with Gasteiger partial charge in [0.1, 0.15) is 16.5 Å². The molecule has 0 aliphatic carbocycles. The van der Waals surface area contributed by atoms with Crippen LogP contribution in [0.15, 0.2) is 108 Å². The monoisotopic (exact) mass is 473 g/mol. The minimum atomic E-state index is -3.77. The van der Waals surface area contributed by atoms with Gasteiger partial charge in [-0.1, -0.05) is 60.7 Å². The van der Waals surface area contributed by atoms with Crippen molar-refractivity contribution in [3.8, 4) is 5.75 Å². The van der Waals surface area contributed by atoms with Gasteiger partial charge in [-0.2, -0.15) is 4.31 Å². The molecule has 174 valence electrons. The first-order chi connectivity index (χ1) is 16.5. The summed E-state index contributed by atoms with van der Waals surface area (Å²) in [6, 6.07) is 29.9. The second-order valence-electron chi connectivity index (χ2n) is 7.71. The maximum absolute atomic E-state index is 13.6. The minimum absolute atomic E-state index is 0.150. The van der Waals surface area contributed by atoms with Crippen molar-refractivity contribution in [1.29, 1.82) is 0 Å². The van der Waals surface area contributed by atoms with Crippen LogP contribution < -0.4 is 10.1 Å². The van der Waals surface area contributed by atoms with Crippen LogP contribution >= 0.6 is 0 Å². The molecule has 0 fully saturated rings. The number of pyridine rings is 1. The summed E-state index contributed by atoms with van der Waals surface area (Å²) < 4.78 is 34.1. The molecule has 0 saturated carbocycles. The van der Waals surface area contributed by atoms with Gasteiger partial charge in [0, 0.05) is 25.0 Å². The molecule has 4 rings (SSSR count).